The third kappa shape index (κ3) is 2.83. The molecule has 8 heteroatoms. The van der Waals surface area contributed by atoms with Crippen molar-refractivity contribution < 1.29 is 9.32 Å². The van der Waals surface area contributed by atoms with Gasteiger partial charge in [0.1, 0.15) is 11.3 Å². The Bertz CT molecular complexity index is 843. The van der Waals surface area contributed by atoms with Gasteiger partial charge in [-0.2, -0.15) is 5.10 Å². The van der Waals surface area contributed by atoms with E-state index >= 15 is 0 Å². The maximum Gasteiger partial charge on any atom is 0.261 e. The van der Waals surface area contributed by atoms with Gasteiger partial charge in [-0.1, -0.05) is 5.16 Å². The highest BCUT2D eigenvalue weighted by molar-refractivity contribution is 6.05. The molecule has 23 heavy (non-hydrogen) atoms. The van der Waals surface area contributed by atoms with E-state index in [1.165, 1.54) is 12.4 Å². The fourth-order valence-electron chi connectivity index (χ4n) is 2.33. The lowest BCUT2D eigenvalue weighted by atomic mass is 10.2. The molecule has 0 spiro atoms. The molecule has 0 saturated carbocycles. The molecule has 0 fully saturated rings. The van der Waals surface area contributed by atoms with Gasteiger partial charge in [0.15, 0.2) is 0 Å². The van der Waals surface area contributed by atoms with Crippen molar-refractivity contribution in [1.29, 1.82) is 0 Å². The predicted octanol–water partition coefficient (Wildman–Crippen LogP) is 2.14. The second-order valence-corrected chi connectivity index (χ2v) is 5.26. The van der Waals surface area contributed by atoms with Crippen LogP contribution >= 0.6 is 0 Å². The minimum atomic E-state index is -0.302. The molecule has 3 aromatic heterocycles. The van der Waals surface area contributed by atoms with Crippen molar-refractivity contribution in [2.24, 2.45) is 0 Å². The average molecular weight is 312 g/mol. The van der Waals surface area contributed by atoms with Gasteiger partial charge in [0, 0.05) is 5.69 Å². The van der Waals surface area contributed by atoms with Gasteiger partial charge in [0.05, 0.1) is 29.5 Å². The molecule has 1 N–H and O–H groups in total. The van der Waals surface area contributed by atoms with Crippen molar-refractivity contribution in [3.8, 4) is 5.95 Å². The Balaban J connectivity index is 1.80. The number of nitrogens with one attached hydrogen (secondary N) is 1. The second kappa shape index (κ2) is 5.64. The molecule has 118 valence electrons. The Morgan fingerprint density at radius 3 is 2.39 bits per heavy atom. The zero-order chi connectivity index (χ0) is 16.6. The lowest BCUT2D eigenvalue weighted by Crippen LogP contribution is -2.14. The third-order valence-corrected chi connectivity index (χ3v) is 3.36. The monoisotopic (exact) mass is 312 g/mol. The van der Waals surface area contributed by atoms with E-state index in [-0.39, 0.29) is 5.91 Å². The summed E-state index contributed by atoms with van der Waals surface area (Å²) in [5, 5.41) is 10.8. The maximum absolute atomic E-state index is 12.2. The molecule has 0 bridgehead atoms. The number of aryl methyl sites for hydroxylation is 4. The fourth-order valence-corrected chi connectivity index (χ4v) is 2.33. The van der Waals surface area contributed by atoms with E-state index in [0.29, 0.717) is 28.7 Å². The molecule has 0 saturated heterocycles. The molecule has 0 aliphatic carbocycles. The largest absolute Gasteiger partial charge is 0.361 e. The Kier molecular flexibility index (Phi) is 3.65. The quantitative estimate of drug-likeness (QED) is 0.795. The number of anilines is 1. The van der Waals surface area contributed by atoms with E-state index in [4.69, 9.17) is 4.52 Å². The summed E-state index contributed by atoms with van der Waals surface area (Å²) in [6.45, 7) is 7.24. The van der Waals surface area contributed by atoms with Gasteiger partial charge >= 0.3 is 0 Å². The first-order valence-corrected chi connectivity index (χ1v) is 7.05. The molecule has 3 heterocycles. The van der Waals surface area contributed by atoms with Crippen LogP contribution in [0.5, 0.6) is 0 Å². The van der Waals surface area contributed by atoms with E-state index < -0.39 is 0 Å². The normalized spacial score (nSPS) is 10.8. The number of hydrogen-bond acceptors (Lipinski definition) is 6. The fraction of sp³-hybridized carbons (Fsp3) is 0.267. The van der Waals surface area contributed by atoms with Crippen LogP contribution in [0.15, 0.2) is 23.0 Å². The van der Waals surface area contributed by atoms with E-state index in [2.05, 4.69) is 25.5 Å². The summed E-state index contributed by atoms with van der Waals surface area (Å²) in [5.41, 5.74) is 3.28. The van der Waals surface area contributed by atoms with Gasteiger partial charge in [0.25, 0.3) is 11.9 Å². The minimum absolute atomic E-state index is 0.302. The average Bonchev–Trinajstić information content (AvgIpc) is 3.01. The third-order valence-electron chi connectivity index (χ3n) is 3.36. The van der Waals surface area contributed by atoms with Gasteiger partial charge in [-0.25, -0.2) is 14.6 Å². The van der Waals surface area contributed by atoms with Crippen molar-refractivity contribution in [3.05, 3.63) is 46.9 Å². The van der Waals surface area contributed by atoms with Crippen LogP contribution in [0.3, 0.4) is 0 Å². The Hall–Kier alpha value is -3.03. The molecule has 0 aliphatic rings. The molecule has 0 unspecified atom stereocenters. The van der Waals surface area contributed by atoms with Crippen LogP contribution in [-0.4, -0.2) is 30.8 Å². The molecule has 0 atom stereocenters. The van der Waals surface area contributed by atoms with Crippen LogP contribution in [0.2, 0.25) is 0 Å². The van der Waals surface area contributed by atoms with Crippen LogP contribution in [0.4, 0.5) is 5.69 Å². The van der Waals surface area contributed by atoms with Gasteiger partial charge in [-0.15, -0.1) is 0 Å². The van der Waals surface area contributed by atoms with Crippen molar-refractivity contribution in [2.75, 3.05) is 5.32 Å². The Morgan fingerprint density at radius 1 is 1.17 bits per heavy atom. The first kappa shape index (κ1) is 14.9. The van der Waals surface area contributed by atoms with Crippen molar-refractivity contribution in [1.82, 2.24) is 24.9 Å². The Labute approximate surface area is 132 Å². The van der Waals surface area contributed by atoms with Crippen LogP contribution < -0.4 is 5.32 Å². The van der Waals surface area contributed by atoms with Crippen LogP contribution in [0.1, 0.15) is 33.2 Å². The minimum Gasteiger partial charge on any atom is -0.361 e. The van der Waals surface area contributed by atoms with E-state index in [1.807, 2.05) is 19.9 Å². The maximum atomic E-state index is 12.2. The number of amides is 1. The topological polar surface area (TPSA) is 98.7 Å². The molecule has 3 aromatic rings. The SMILES string of the molecule is Cc1cc(C)n(-c2ncc(NC(=O)c3c(C)noc3C)cn2)n1. The summed E-state index contributed by atoms with van der Waals surface area (Å²) in [5.74, 6) is 0.620. The first-order valence-electron chi connectivity index (χ1n) is 7.05. The standard InChI is InChI=1S/C15H16N6O2/c1-8-5-9(2)21(19-8)15-16-6-12(7-17-15)18-14(22)13-10(3)20-23-11(13)4/h5-7H,1-4H3,(H,18,22). The summed E-state index contributed by atoms with van der Waals surface area (Å²) in [6, 6.07) is 1.94. The van der Waals surface area contributed by atoms with Gasteiger partial charge in [-0.05, 0) is 33.8 Å². The van der Waals surface area contributed by atoms with E-state index in [0.717, 1.165) is 11.4 Å². The number of nitrogens with zero attached hydrogens (tertiary/aromatic N) is 5. The van der Waals surface area contributed by atoms with Crippen LogP contribution in [-0.2, 0) is 0 Å². The molecule has 3 rings (SSSR count). The summed E-state index contributed by atoms with van der Waals surface area (Å²) in [4.78, 5) is 20.7. The molecule has 8 nitrogen and oxygen atoms in total. The number of aromatic nitrogens is 5. The van der Waals surface area contributed by atoms with Crippen LogP contribution in [0.25, 0.3) is 5.95 Å². The predicted molar refractivity (Wildman–Crippen MR) is 82.6 cm³/mol. The highest BCUT2D eigenvalue weighted by atomic mass is 16.5. The summed E-state index contributed by atoms with van der Waals surface area (Å²) >= 11 is 0. The number of carbonyl (C=O) groups excluding carboxylic acids is 1. The Morgan fingerprint density at radius 2 is 1.87 bits per heavy atom. The summed E-state index contributed by atoms with van der Waals surface area (Å²) < 4.78 is 6.64. The van der Waals surface area contributed by atoms with Gasteiger partial charge in [0.2, 0.25) is 0 Å². The van der Waals surface area contributed by atoms with E-state index in [9.17, 15) is 4.79 Å². The number of carbonyl (C=O) groups is 1. The van der Waals surface area contributed by atoms with Crippen molar-refractivity contribution in [3.63, 3.8) is 0 Å². The zero-order valence-electron chi connectivity index (χ0n) is 13.3. The summed E-state index contributed by atoms with van der Waals surface area (Å²) in [7, 11) is 0. The second-order valence-electron chi connectivity index (χ2n) is 5.26. The highest BCUT2D eigenvalue weighted by Crippen LogP contribution is 2.15. The molecular weight excluding hydrogens is 296 g/mol. The highest BCUT2D eigenvalue weighted by Gasteiger charge is 2.18. The first-order chi connectivity index (χ1) is 11.0. The molecule has 0 radical (unpaired) electrons. The lowest BCUT2D eigenvalue weighted by molar-refractivity contribution is 0.102. The molecular formula is C15H16N6O2. The summed E-state index contributed by atoms with van der Waals surface area (Å²) in [6.07, 6.45) is 3.07. The molecule has 0 aliphatic heterocycles. The smallest absolute Gasteiger partial charge is 0.261 e. The zero-order valence-corrected chi connectivity index (χ0v) is 13.3. The molecule has 1 amide bonds. The number of hydrogen-bond donors (Lipinski definition) is 1. The van der Waals surface area contributed by atoms with E-state index in [1.54, 1.807) is 18.5 Å². The lowest BCUT2D eigenvalue weighted by Gasteiger charge is -2.06. The van der Waals surface area contributed by atoms with Gasteiger partial charge in [-0.3, -0.25) is 4.79 Å². The van der Waals surface area contributed by atoms with Crippen molar-refractivity contribution in [2.45, 2.75) is 27.7 Å². The molecule has 0 aromatic carbocycles. The van der Waals surface area contributed by atoms with Crippen molar-refractivity contribution >= 4 is 11.6 Å². The van der Waals surface area contributed by atoms with Gasteiger partial charge < -0.3 is 9.84 Å². The van der Waals surface area contributed by atoms with Crippen LogP contribution in [0, 0.1) is 27.7 Å². The number of rotatable bonds is 3.